The van der Waals surface area contributed by atoms with E-state index in [4.69, 9.17) is 18.6 Å². The molecule has 2 heterocycles. The van der Waals surface area contributed by atoms with E-state index in [1.165, 1.54) is 7.11 Å². The van der Waals surface area contributed by atoms with E-state index in [1.54, 1.807) is 24.3 Å². The van der Waals surface area contributed by atoms with Gasteiger partial charge >= 0.3 is 5.63 Å². The third-order valence-electron chi connectivity index (χ3n) is 4.20. The molecule has 3 N–H and O–H groups in total. The first-order valence-electron chi connectivity index (χ1n) is 7.83. The van der Waals surface area contributed by atoms with E-state index < -0.39 is 42.9 Å². The fraction of sp³-hybridized carbons (Fsp3) is 0.471. The topological polar surface area (TPSA) is 119 Å². The van der Waals surface area contributed by atoms with Gasteiger partial charge in [-0.25, -0.2) is 4.79 Å². The molecule has 2 aromatic rings. The third kappa shape index (κ3) is 3.59. The quantitative estimate of drug-likeness (QED) is 0.631. The lowest BCUT2D eigenvalue weighted by Crippen LogP contribution is -2.59. The molecule has 1 aromatic carbocycles. The molecule has 1 saturated heterocycles. The zero-order chi connectivity index (χ0) is 18.0. The molecule has 5 atom stereocenters. The van der Waals surface area contributed by atoms with Crippen LogP contribution in [0.5, 0.6) is 0 Å². The number of aliphatic hydroxyl groups excluding tert-OH is 3. The van der Waals surface area contributed by atoms with E-state index in [1.807, 2.05) is 6.07 Å². The van der Waals surface area contributed by atoms with Gasteiger partial charge in [-0.05, 0) is 12.1 Å². The molecule has 25 heavy (non-hydrogen) atoms. The van der Waals surface area contributed by atoms with Gasteiger partial charge in [-0.3, -0.25) is 0 Å². The van der Waals surface area contributed by atoms with E-state index >= 15 is 0 Å². The van der Waals surface area contributed by atoms with Crippen molar-refractivity contribution < 1.29 is 33.9 Å². The maximum atomic E-state index is 12.0. The highest BCUT2D eigenvalue weighted by Gasteiger charge is 2.45. The van der Waals surface area contributed by atoms with Gasteiger partial charge in [0.15, 0.2) is 6.29 Å². The fourth-order valence-electron chi connectivity index (χ4n) is 2.84. The summed E-state index contributed by atoms with van der Waals surface area (Å²) in [5, 5.41) is 30.4. The van der Waals surface area contributed by atoms with Gasteiger partial charge < -0.3 is 33.9 Å². The molecule has 0 bridgehead atoms. The number of methoxy groups -OCH3 is 1. The number of benzene rings is 1. The van der Waals surface area contributed by atoms with E-state index in [-0.39, 0.29) is 12.2 Å². The average molecular weight is 352 g/mol. The van der Waals surface area contributed by atoms with Crippen LogP contribution in [0.4, 0.5) is 0 Å². The lowest BCUT2D eigenvalue weighted by atomic mass is 9.99. The van der Waals surface area contributed by atoms with Gasteiger partial charge in [-0.2, -0.15) is 0 Å². The first-order chi connectivity index (χ1) is 12.0. The van der Waals surface area contributed by atoms with Crippen LogP contribution in [0.15, 0.2) is 39.5 Å². The predicted octanol–water partition coefficient (Wildman–Crippen LogP) is -0.236. The second-order valence-electron chi connectivity index (χ2n) is 5.81. The van der Waals surface area contributed by atoms with E-state index in [0.29, 0.717) is 5.58 Å². The average Bonchev–Trinajstić information content (AvgIpc) is 2.62. The van der Waals surface area contributed by atoms with Crippen molar-refractivity contribution in [3.05, 3.63) is 46.3 Å². The van der Waals surface area contributed by atoms with Crippen LogP contribution in [0.25, 0.3) is 11.0 Å². The van der Waals surface area contributed by atoms with Crippen LogP contribution < -0.4 is 5.63 Å². The summed E-state index contributed by atoms with van der Waals surface area (Å²) in [4.78, 5) is 12.0. The number of ether oxygens (including phenoxy) is 3. The van der Waals surface area contributed by atoms with Gasteiger partial charge in [0.2, 0.25) is 0 Å². The van der Waals surface area contributed by atoms with Crippen molar-refractivity contribution in [3.8, 4) is 0 Å². The van der Waals surface area contributed by atoms with Crippen molar-refractivity contribution in [1.82, 2.24) is 0 Å². The maximum absolute atomic E-state index is 12.0. The minimum atomic E-state index is -1.28. The zero-order valence-corrected chi connectivity index (χ0v) is 13.6. The number of hydrogen-bond donors (Lipinski definition) is 3. The monoisotopic (exact) mass is 352 g/mol. The third-order valence-corrected chi connectivity index (χ3v) is 4.20. The minimum Gasteiger partial charge on any atom is -0.422 e. The Bertz CT molecular complexity index is 757. The molecule has 0 amide bonds. The molecule has 0 unspecified atom stereocenters. The predicted molar refractivity (Wildman–Crippen MR) is 85.8 cm³/mol. The van der Waals surface area contributed by atoms with Crippen molar-refractivity contribution in [3.63, 3.8) is 0 Å². The Balaban J connectivity index is 1.79. The fourth-order valence-corrected chi connectivity index (χ4v) is 2.84. The van der Waals surface area contributed by atoms with Crippen LogP contribution in [0, 0.1) is 0 Å². The lowest BCUT2D eigenvalue weighted by Gasteiger charge is -2.41. The zero-order valence-electron chi connectivity index (χ0n) is 13.6. The highest BCUT2D eigenvalue weighted by molar-refractivity contribution is 5.76. The SMILES string of the molecule is CO[C@H]1O[C@H](CO)[C@H](O)[C@H](OCc2cc3ccccc3oc2=O)[C@H]1O. The van der Waals surface area contributed by atoms with Gasteiger partial charge in [0.1, 0.15) is 30.0 Å². The van der Waals surface area contributed by atoms with Gasteiger partial charge in [0.25, 0.3) is 0 Å². The van der Waals surface area contributed by atoms with E-state index in [9.17, 15) is 20.1 Å². The molecule has 1 aliphatic rings. The van der Waals surface area contributed by atoms with Gasteiger partial charge in [-0.15, -0.1) is 0 Å². The number of hydrogen-bond acceptors (Lipinski definition) is 8. The van der Waals surface area contributed by atoms with Gasteiger partial charge in [0.05, 0.1) is 18.8 Å². The summed E-state index contributed by atoms with van der Waals surface area (Å²) in [5.74, 6) is 0. The van der Waals surface area contributed by atoms with Crippen LogP contribution in [-0.4, -0.2) is 59.7 Å². The number of aliphatic hydroxyl groups is 3. The van der Waals surface area contributed by atoms with E-state index in [2.05, 4.69) is 0 Å². The molecule has 3 rings (SSSR count). The van der Waals surface area contributed by atoms with Gasteiger partial charge in [0, 0.05) is 12.5 Å². The summed E-state index contributed by atoms with van der Waals surface area (Å²) in [6.07, 6.45) is -5.68. The summed E-state index contributed by atoms with van der Waals surface area (Å²) in [6, 6.07) is 8.69. The molecule has 0 aliphatic carbocycles. The van der Waals surface area contributed by atoms with Crippen molar-refractivity contribution >= 4 is 11.0 Å². The molecule has 136 valence electrons. The Kier molecular flexibility index (Phi) is 5.48. The largest absolute Gasteiger partial charge is 0.422 e. The smallest absolute Gasteiger partial charge is 0.341 e. The normalized spacial score (nSPS) is 29.8. The molecular formula is C17H20O8. The Hall–Kier alpha value is -1.81. The van der Waals surface area contributed by atoms with Crippen LogP contribution in [-0.2, 0) is 20.8 Å². The molecule has 1 aliphatic heterocycles. The standard InChI is InChI=1S/C17H20O8/c1-22-17-14(20)15(13(19)12(7-18)25-17)23-8-10-6-9-4-2-3-5-11(9)24-16(10)21/h2-6,12-15,17-20H,7-8H2,1H3/t12-,13+,14-,15+,17+/m1/s1. The lowest BCUT2D eigenvalue weighted by molar-refractivity contribution is -0.303. The van der Waals surface area contributed by atoms with Crippen LogP contribution in [0.3, 0.4) is 0 Å². The molecule has 0 radical (unpaired) electrons. The number of rotatable bonds is 5. The van der Waals surface area contributed by atoms with Crippen molar-refractivity contribution in [2.75, 3.05) is 13.7 Å². The van der Waals surface area contributed by atoms with Crippen LogP contribution >= 0.6 is 0 Å². The van der Waals surface area contributed by atoms with Crippen molar-refractivity contribution in [1.29, 1.82) is 0 Å². The summed E-state index contributed by atoms with van der Waals surface area (Å²) in [6.45, 7) is -0.647. The minimum absolute atomic E-state index is 0.180. The Morgan fingerprint density at radius 2 is 1.96 bits per heavy atom. The molecule has 0 saturated carbocycles. The molecule has 1 aromatic heterocycles. The van der Waals surface area contributed by atoms with Crippen LogP contribution in [0.2, 0.25) is 0 Å². The Morgan fingerprint density at radius 3 is 2.68 bits per heavy atom. The summed E-state index contributed by atoms with van der Waals surface area (Å²) >= 11 is 0. The number of fused-ring (bicyclic) bond motifs is 1. The summed E-state index contributed by atoms with van der Waals surface area (Å²) in [5.41, 5.74) is 0.151. The molecule has 8 heteroatoms. The molecular weight excluding hydrogens is 332 g/mol. The Labute approximate surface area is 143 Å². The second kappa shape index (κ2) is 7.61. The Morgan fingerprint density at radius 1 is 1.20 bits per heavy atom. The highest BCUT2D eigenvalue weighted by Crippen LogP contribution is 2.25. The number of para-hydroxylation sites is 1. The van der Waals surface area contributed by atoms with Crippen molar-refractivity contribution in [2.45, 2.75) is 37.3 Å². The summed E-state index contributed by atoms with van der Waals surface area (Å²) < 4.78 is 21.0. The summed E-state index contributed by atoms with van der Waals surface area (Å²) in [7, 11) is 1.33. The first-order valence-corrected chi connectivity index (χ1v) is 7.83. The highest BCUT2D eigenvalue weighted by atomic mass is 16.7. The van der Waals surface area contributed by atoms with Crippen molar-refractivity contribution in [2.24, 2.45) is 0 Å². The maximum Gasteiger partial charge on any atom is 0.341 e. The molecule has 0 spiro atoms. The van der Waals surface area contributed by atoms with Gasteiger partial charge in [-0.1, -0.05) is 18.2 Å². The van der Waals surface area contributed by atoms with Crippen LogP contribution in [0.1, 0.15) is 5.56 Å². The van der Waals surface area contributed by atoms with E-state index in [0.717, 1.165) is 5.39 Å². The molecule has 1 fully saturated rings. The second-order valence-corrected chi connectivity index (χ2v) is 5.81. The first kappa shape index (κ1) is 18.0. The molecule has 8 nitrogen and oxygen atoms in total.